The molecular formula is C14H18N4OS. The molecule has 0 fully saturated rings. The van der Waals surface area contributed by atoms with Crippen molar-refractivity contribution in [2.45, 2.75) is 24.8 Å². The molecule has 0 saturated carbocycles. The number of nitrogens with one attached hydrogen (secondary N) is 1. The molecule has 106 valence electrons. The van der Waals surface area contributed by atoms with Crippen LogP contribution < -0.4 is 15.8 Å². The summed E-state index contributed by atoms with van der Waals surface area (Å²) < 4.78 is 5.55. The SMILES string of the molecule is CSc1cccc(Nc2ncnc(OC(C)C)c2N)c1. The fraction of sp³-hybridized carbons (Fsp3) is 0.286. The molecule has 1 heterocycles. The Bertz CT molecular complexity index is 589. The lowest BCUT2D eigenvalue weighted by Crippen LogP contribution is -2.10. The van der Waals surface area contributed by atoms with E-state index in [4.69, 9.17) is 10.5 Å². The number of thioether (sulfide) groups is 1. The average molecular weight is 290 g/mol. The van der Waals surface area contributed by atoms with Gasteiger partial charge in [-0.2, -0.15) is 4.98 Å². The van der Waals surface area contributed by atoms with Gasteiger partial charge in [0, 0.05) is 10.6 Å². The van der Waals surface area contributed by atoms with E-state index in [1.165, 1.54) is 11.2 Å². The third kappa shape index (κ3) is 3.54. The molecule has 1 aromatic carbocycles. The number of nitrogen functional groups attached to an aromatic ring is 1. The van der Waals surface area contributed by atoms with Gasteiger partial charge in [-0.15, -0.1) is 11.8 Å². The predicted octanol–water partition coefficient (Wildman–Crippen LogP) is 3.31. The van der Waals surface area contributed by atoms with Crippen molar-refractivity contribution in [2.24, 2.45) is 0 Å². The number of anilines is 3. The first-order valence-electron chi connectivity index (χ1n) is 6.28. The van der Waals surface area contributed by atoms with E-state index >= 15 is 0 Å². The zero-order valence-electron chi connectivity index (χ0n) is 11.8. The van der Waals surface area contributed by atoms with Crippen LogP contribution in [-0.2, 0) is 0 Å². The Morgan fingerprint density at radius 3 is 2.80 bits per heavy atom. The van der Waals surface area contributed by atoms with Crippen molar-refractivity contribution in [3.63, 3.8) is 0 Å². The second kappa shape index (κ2) is 6.47. The van der Waals surface area contributed by atoms with Crippen LogP contribution in [0.4, 0.5) is 17.2 Å². The van der Waals surface area contributed by atoms with Gasteiger partial charge in [-0.05, 0) is 38.3 Å². The maximum atomic E-state index is 6.03. The van der Waals surface area contributed by atoms with Crippen molar-refractivity contribution in [2.75, 3.05) is 17.3 Å². The van der Waals surface area contributed by atoms with Crippen molar-refractivity contribution >= 4 is 29.0 Å². The van der Waals surface area contributed by atoms with Gasteiger partial charge in [0.2, 0.25) is 5.88 Å². The quantitative estimate of drug-likeness (QED) is 0.823. The topological polar surface area (TPSA) is 73.1 Å². The fourth-order valence-electron chi connectivity index (χ4n) is 1.63. The first-order valence-corrected chi connectivity index (χ1v) is 7.51. The van der Waals surface area contributed by atoms with Crippen molar-refractivity contribution in [1.29, 1.82) is 0 Å². The maximum absolute atomic E-state index is 6.03. The summed E-state index contributed by atoms with van der Waals surface area (Å²) in [6.07, 6.45) is 3.49. The highest BCUT2D eigenvalue weighted by Crippen LogP contribution is 2.29. The first-order chi connectivity index (χ1) is 9.60. The average Bonchev–Trinajstić information content (AvgIpc) is 2.43. The van der Waals surface area contributed by atoms with Gasteiger partial charge in [-0.1, -0.05) is 6.07 Å². The molecule has 0 unspecified atom stereocenters. The van der Waals surface area contributed by atoms with Gasteiger partial charge >= 0.3 is 0 Å². The van der Waals surface area contributed by atoms with Gasteiger partial charge in [0.1, 0.15) is 12.0 Å². The molecule has 0 atom stereocenters. The third-order valence-electron chi connectivity index (χ3n) is 2.53. The molecule has 2 aromatic rings. The molecule has 1 aromatic heterocycles. The van der Waals surface area contributed by atoms with Gasteiger partial charge in [-0.25, -0.2) is 4.98 Å². The van der Waals surface area contributed by atoms with Crippen LogP contribution in [0.2, 0.25) is 0 Å². The molecule has 0 amide bonds. The number of aromatic nitrogens is 2. The Balaban J connectivity index is 2.24. The van der Waals surface area contributed by atoms with Crippen LogP contribution in [-0.4, -0.2) is 22.3 Å². The second-order valence-corrected chi connectivity index (χ2v) is 5.34. The van der Waals surface area contributed by atoms with E-state index in [1.807, 2.05) is 44.4 Å². The Morgan fingerprint density at radius 1 is 1.30 bits per heavy atom. The minimum absolute atomic E-state index is 0.0138. The molecule has 6 heteroatoms. The maximum Gasteiger partial charge on any atom is 0.242 e. The summed E-state index contributed by atoms with van der Waals surface area (Å²) >= 11 is 1.68. The van der Waals surface area contributed by atoms with Crippen LogP contribution in [0.1, 0.15) is 13.8 Å². The molecule has 0 bridgehead atoms. The number of rotatable bonds is 5. The highest BCUT2D eigenvalue weighted by Gasteiger charge is 2.11. The molecule has 0 spiro atoms. The normalized spacial score (nSPS) is 10.6. The minimum Gasteiger partial charge on any atom is -0.473 e. The largest absolute Gasteiger partial charge is 0.473 e. The third-order valence-corrected chi connectivity index (χ3v) is 3.25. The molecule has 5 nitrogen and oxygen atoms in total. The van der Waals surface area contributed by atoms with E-state index in [1.54, 1.807) is 11.8 Å². The first kappa shape index (κ1) is 14.5. The van der Waals surface area contributed by atoms with Crippen LogP contribution in [0.15, 0.2) is 35.5 Å². The van der Waals surface area contributed by atoms with Gasteiger partial charge in [0.15, 0.2) is 5.82 Å². The number of nitrogens with two attached hydrogens (primary N) is 1. The molecular weight excluding hydrogens is 272 g/mol. The Morgan fingerprint density at radius 2 is 2.10 bits per heavy atom. The number of ether oxygens (including phenoxy) is 1. The lowest BCUT2D eigenvalue weighted by atomic mass is 10.3. The number of hydrogen-bond donors (Lipinski definition) is 2. The Hall–Kier alpha value is -1.95. The van der Waals surface area contributed by atoms with E-state index < -0.39 is 0 Å². The van der Waals surface area contributed by atoms with Crippen LogP contribution in [0.25, 0.3) is 0 Å². The number of hydrogen-bond acceptors (Lipinski definition) is 6. The highest BCUT2D eigenvalue weighted by molar-refractivity contribution is 7.98. The van der Waals surface area contributed by atoms with Crippen LogP contribution in [0.3, 0.4) is 0 Å². The minimum atomic E-state index is 0.0138. The zero-order valence-corrected chi connectivity index (χ0v) is 12.6. The van der Waals surface area contributed by atoms with Crippen molar-refractivity contribution < 1.29 is 4.74 Å². The predicted molar refractivity (Wildman–Crippen MR) is 83.7 cm³/mol. The molecule has 20 heavy (non-hydrogen) atoms. The van der Waals surface area contributed by atoms with Gasteiger partial charge < -0.3 is 15.8 Å². The summed E-state index contributed by atoms with van der Waals surface area (Å²) in [5.74, 6) is 0.951. The van der Waals surface area contributed by atoms with E-state index in [-0.39, 0.29) is 6.10 Å². The van der Waals surface area contributed by atoms with Crippen molar-refractivity contribution in [3.05, 3.63) is 30.6 Å². The molecule has 0 aliphatic carbocycles. The summed E-state index contributed by atoms with van der Waals surface area (Å²) in [6, 6.07) is 8.03. The molecule has 3 N–H and O–H groups in total. The van der Waals surface area contributed by atoms with Crippen molar-refractivity contribution in [1.82, 2.24) is 9.97 Å². The van der Waals surface area contributed by atoms with Crippen molar-refractivity contribution in [3.8, 4) is 5.88 Å². The summed E-state index contributed by atoms with van der Waals surface area (Å²) in [5, 5.41) is 3.19. The second-order valence-electron chi connectivity index (χ2n) is 4.46. The standard InChI is InChI=1S/C14H18N4OS/c1-9(2)19-14-12(15)13(16-8-17-14)18-10-5-4-6-11(7-10)20-3/h4-9H,15H2,1-3H3,(H,16,17,18). The molecule has 0 saturated heterocycles. The van der Waals surface area contributed by atoms with Gasteiger partial charge in [0.25, 0.3) is 0 Å². The molecule has 0 aliphatic rings. The molecule has 2 rings (SSSR count). The zero-order chi connectivity index (χ0) is 14.5. The summed E-state index contributed by atoms with van der Waals surface area (Å²) in [6.45, 7) is 3.85. The monoisotopic (exact) mass is 290 g/mol. The summed E-state index contributed by atoms with van der Waals surface area (Å²) in [5.41, 5.74) is 7.37. The molecule has 0 radical (unpaired) electrons. The van der Waals surface area contributed by atoms with E-state index in [0.717, 1.165) is 5.69 Å². The lowest BCUT2D eigenvalue weighted by molar-refractivity contribution is 0.234. The van der Waals surface area contributed by atoms with E-state index in [2.05, 4.69) is 15.3 Å². The van der Waals surface area contributed by atoms with Gasteiger partial charge in [-0.3, -0.25) is 0 Å². The Labute approximate surface area is 123 Å². The van der Waals surface area contributed by atoms with E-state index in [9.17, 15) is 0 Å². The van der Waals surface area contributed by atoms with Crippen LogP contribution in [0, 0.1) is 0 Å². The molecule has 0 aliphatic heterocycles. The highest BCUT2D eigenvalue weighted by atomic mass is 32.2. The van der Waals surface area contributed by atoms with E-state index in [0.29, 0.717) is 17.4 Å². The number of nitrogens with zero attached hydrogens (tertiary/aromatic N) is 2. The number of benzene rings is 1. The summed E-state index contributed by atoms with van der Waals surface area (Å²) in [4.78, 5) is 9.38. The fourth-order valence-corrected chi connectivity index (χ4v) is 2.09. The Kier molecular flexibility index (Phi) is 4.68. The van der Waals surface area contributed by atoms with Gasteiger partial charge in [0.05, 0.1) is 6.10 Å². The smallest absolute Gasteiger partial charge is 0.242 e. The van der Waals surface area contributed by atoms with Crippen LogP contribution in [0.5, 0.6) is 5.88 Å². The lowest BCUT2D eigenvalue weighted by Gasteiger charge is -2.14. The van der Waals surface area contributed by atoms with Crippen LogP contribution >= 0.6 is 11.8 Å². The summed E-state index contributed by atoms with van der Waals surface area (Å²) in [7, 11) is 0.